The molecule has 222 valence electrons. The van der Waals surface area contributed by atoms with Crippen molar-refractivity contribution >= 4 is 12.1 Å². The topological polar surface area (TPSA) is 141 Å². The highest BCUT2D eigenvalue weighted by molar-refractivity contribution is 5.79. The first-order chi connectivity index (χ1) is 20.5. The largest absolute Gasteiger partial charge is 0.493 e. The summed E-state index contributed by atoms with van der Waals surface area (Å²) in [4.78, 5) is 25.4. The smallest absolute Gasteiger partial charge is 0.407 e. The van der Waals surface area contributed by atoms with Crippen molar-refractivity contribution in [2.24, 2.45) is 11.8 Å². The van der Waals surface area contributed by atoms with Gasteiger partial charge in [0.25, 0.3) is 0 Å². The fraction of sp³-hybridized carbons (Fsp3) is 0.448. The zero-order chi connectivity index (χ0) is 29.4. The monoisotopic (exact) mass is 580 g/mol. The molecule has 0 saturated carbocycles. The second kappa shape index (κ2) is 11.3. The molecule has 1 aromatic heterocycles. The molecule has 2 aliphatic heterocycles. The number of nitrogens with one attached hydrogen (secondary N) is 1. The molecule has 1 aliphatic carbocycles. The minimum atomic E-state index is -0.561. The Hall–Kier alpha value is -4.68. The first-order valence-corrected chi connectivity index (χ1v) is 13.7. The summed E-state index contributed by atoms with van der Waals surface area (Å²) < 4.78 is 41.0. The lowest BCUT2D eigenvalue weighted by Gasteiger charge is -2.39. The molecule has 42 heavy (non-hydrogen) atoms. The number of fused-ring (bicyclic) bond motifs is 3. The van der Waals surface area contributed by atoms with Gasteiger partial charge in [0.15, 0.2) is 23.0 Å². The van der Waals surface area contributed by atoms with Gasteiger partial charge in [-0.1, -0.05) is 12.1 Å². The average molecular weight is 581 g/mol. The third-order valence-electron chi connectivity index (χ3n) is 7.91. The number of aromatic nitrogens is 3. The van der Waals surface area contributed by atoms with E-state index in [0.717, 1.165) is 23.1 Å². The van der Waals surface area contributed by atoms with Gasteiger partial charge < -0.3 is 38.5 Å². The van der Waals surface area contributed by atoms with Crippen molar-refractivity contribution in [1.29, 1.82) is 0 Å². The molecule has 1 saturated heterocycles. The SMILES string of the molecule is CCCNC(=O)OCc1cn([C@@H]2c3cc4c(cc3[C@@H](c3cc(OC)c(OC)c(OC)c3)[C@H]3C(=O)OC[C@@H]32)OCO4)nn1. The molecule has 4 atom stereocenters. The highest BCUT2D eigenvalue weighted by Crippen LogP contribution is 2.56. The number of rotatable bonds is 9. The summed E-state index contributed by atoms with van der Waals surface area (Å²) in [7, 11) is 4.65. The minimum Gasteiger partial charge on any atom is -0.493 e. The van der Waals surface area contributed by atoms with Gasteiger partial charge in [-0.05, 0) is 47.4 Å². The van der Waals surface area contributed by atoms with Crippen molar-refractivity contribution in [2.45, 2.75) is 31.9 Å². The Labute approximate surface area is 241 Å². The Morgan fingerprint density at radius 3 is 2.40 bits per heavy atom. The number of hydrogen-bond donors (Lipinski definition) is 1. The van der Waals surface area contributed by atoms with E-state index in [1.807, 2.05) is 31.2 Å². The number of carbonyl (C=O) groups excluding carboxylic acids is 2. The van der Waals surface area contributed by atoms with Crippen molar-refractivity contribution in [3.8, 4) is 28.7 Å². The van der Waals surface area contributed by atoms with Crippen LogP contribution in [0.2, 0.25) is 0 Å². The number of alkyl carbamates (subject to hydrolysis) is 1. The van der Waals surface area contributed by atoms with Crippen LogP contribution < -0.4 is 29.0 Å². The predicted octanol–water partition coefficient (Wildman–Crippen LogP) is 3.19. The van der Waals surface area contributed by atoms with E-state index in [1.165, 1.54) is 0 Å². The molecule has 1 N–H and O–H groups in total. The van der Waals surface area contributed by atoms with E-state index in [2.05, 4.69) is 15.6 Å². The summed E-state index contributed by atoms with van der Waals surface area (Å²) in [5.41, 5.74) is 3.00. The van der Waals surface area contributed by atoms with Gasteiger partial charge in [-0.2, -0.15) is 0 Å². The minimum absolute atomic E-state index is 0.0478. The van der Waals surface area contributed by atoms with Crippen LogP contribution >= 0.6 is 0 Å². The number of methoxy groups -OCH3 is 3. The van der Waals surface area contributed by atoms with Crippen LogP contribution in [-0.2, 0) is 20.9 Å². The average Bonchev–Trinajstić information content (AvgIpc) is 3.76. The van der Waals surface area contributed by atoms with Gasteiger partial charge >= 0.3 is 12.1 Å². The van der Waals surface area contributed by atoms with Gasteiger partial charge in [0.05, 0.1) is 46.1 Å². The molecule has 0 spiro atoms. The number of cyclic esters (lactones) is 1. The van der Waals surface area contributed by atoms with Crippen LogP contribution in [0.1, 0.15) is 47.7 Å². The number of esters is 1. The van der Waals surface area contributed by atoms with Crippen molar-refractivity contribution in [1.82, 2.24) is 20.3 Å². The van der Waals surface area contributed by atoms with Crippen molar-refractivity contribution in [3.05, 3.63) is 52.8 Å². The highest BCUT2D eigenvalue weighted by atomic mass is 16.7. The van der Waals surface area contributed by atoms with Gasteiger partial charge in [0.1, 0.15) is 12.3 Å². The Bertz CT molecular complexity index is 1480. The summed E-state index contributed by atoms with van der Waals surface area (Å²) in [6, 6.07) is 7.15. The maximum atomic E-state index is 13.4. The number of carbonyl (C=O) groups is 2. The normalized spacial score (nSPS) is 21.7. The Morgan fingerprint density at radius 1 is 1.02 bits per heavy atom. The second-order valence-corrected chi connectivity index (χ2v) is 10.2. The maximum absolute atomic E-state index is 13.4. The standard InChI is InChI=1S/C29H32N4O9/c1-5-6-30-29(35)40-12-16-11-33(32-31-16)26-18-10-21-20(41-14-42-21)9-17(18)24(25-19(26)13-39-28(25)34)15-7-22(36-2)27(38-4)23(8-15)37-3/h7-11,19,24-26H,5-6,12-14H2,1-4H3,(H,30,35)/t19-,24+,25-,26+/m0/s1. The van der Waals surface area contributed by atoms with Gasteiger partial charge in [-0.3, -0.25) is 4.79 Å². The number of hydrogen-bond acceptors (Lipinski definition) is 11. The van der Waals surface area contributed by atoms with E-state index in [4.69, 9.17) is 33.2 Å². The zero-order valence-corrected chi connectivity index (χ0v) is 23.7. The fourth-order valence-corrected chi connectivity index (χ4v) is 6.09. The molecule has 3 heterocycles. The molecular formula is C29H32N4O9. The molecule has 6 rings (SSSR count). The second-order valence-electron chi connectivity index (χ2n) is 10.2. The quantitative estimate of drug-likeness (QED) is 0.373. The van der Waals surface area contributed by atoms with Gasteiger partial charge in [-0.15, -0.1) is 5.10 Å². The molecule has 0 bridgehead atoms. The Kier molecular flexibility index (Phi) is 7.40. The predicted molar refractivity (Wildman–Crippen MR) is 145 cm³/mol. The lowest BCUT2D eigenvalue weighted by molar-refractivity contribution is -0.141. The third kappa shape index (κ3) is 4.68. The Morgan fingerprint density at radius 2 is 1.74 bits per heavy atom. The molecule has 3 aromatic rings. The van der Waals surface area contributed by atoms with E-state index in [9.17, 15) is 9.59 Å². The summed E-state index contributed by atoms with van der Waals surface area (Å²) in [5, 5.41) is 11.3. The van der Waals surface area contributed by atoms with Crippen LogP contribution in [0.4, 0.5) is 4.79 Å². The van der Waals surface area contributed by atoms with E-state index >= 15 is 0 Å². The van der Waals surface area contributed by atoms with Crippen molar-refractivity contribution < 1.29 is 42.7 Å². The molecule has 3 aliphatic rings. The summed E-state index contributed by atoms with van der Waals surface area (Å²) in [5.74, 6) is 0.993. The maximum Gasteiger partial charge on any atom is 0.407 e. The summed E-state index contributed by atoms with van der Waals surface area (Å²) in [6.45, 7) is 2.71. The highest BCUT2D eigenvalue weighted by Gasteiger charge is 2.53. The van der Waals surface area contributed by atoms with E-state index in [-0.39, 0.29) is 31.9 Å². The van der Waals surface area contributed by atoms with E-state index in [1.54, 1.807) is 32.2 Å². The van der Waals surface area contributed by atoms with Crippen molar-refractivity contribution in [3.63, 3.8) is 0 Å². The first kappa shape index (κ1) is 27.5. The molecule has 13 heteroatoms. The molecule has 1 fully saturated rings. The van der Waals surface area contributed by atoms with Crippen LogP contribution in [0.5, 0.6) is 28.7 Å². The number of benzene rings is 2. The van der Waals surface area contributed by atoms with Gasteiger partial charge in [0, 0.05) is 18.4 Å². The van der Waals surface area contributed by atoms with Crippen LogP contribution in [0.3, 0.4) is 0 Å². The first-order valence-electron chi connectivity index (χ1n) is 13.7. The number of ether oxygens (including phenoxy) is 7. The van der Waals surface area contributed by atoms with Crippen molar-refractivity contribution in [2.75, 3.05) is 41.3 Å². The molecule has 0 radical (unpaired) electrons. The zero-order valence-electron chi connectivity index (χ0n) is 23.7. The van der Waals surface area contributed by atoms with Crippen LogP contribution in [0.25, 0.3) is 0 Å². The van der Waals surface area contributed by atoms with Gasteiger partial charge in [-0.25, -0.2) is 9.48 Å². The molecule has 0 unspecified atom stereocenters. The van der Waals surface area contributed by atoms with Crippen LogP contribution in [0, 0.1) is 11.8 Å². The van der Waals surface area contributed by atoms with Gasteiger partial charge in [0.2, 0.25) is 12.5 Å². The van der Waals surface area contributed by atoms with E-state index < -0.39 is 24.0 Å². The molecule has 2 aromatic carbocycles. The number of amides is 1. The summed E-state index contributed by atoms with van der Waals surface area (Å²) >= 11 is 0. The molecular weight excluding hydrogens is 548 g/mol. The fourth-order valence-electron chi connectivity index (χ4n) is 6.09. The van der Waals surface area contributed by atoms with Crippen LogP contribution in [-0.4, -0.2) is 68.3 Å². The molecule has 1 amide bonds. The number of nitrogens with zero attached hydrogens (tertiary/aromatic N) is 3. The lowest BCUT2D eigenvalue weighted by Crippen LogP contribution is -2.37. The molecule has 13 nitrogen and oxygen atoms in total. The summed E-state index contributed by atoms with van der Waals surface area (Å²) in [6.07, 6.45) is 2.00. The van der Waals surface area contributed by atoms with E-state index in [0.29, 0.717) is 41.0 Å². The van der Waals surface area contributed by atoms with Crippen LogP contribution in [0.15, 0.2) is 30.5 Å². The third-order valence-corrected chi connectivity index (χ3v) is 7.91. The lowest BCUT2D eigenvalue weighted by atomic mass is 9.65. The Balaban J connectivity index is 1.45.